The zero-order valence-electron chi connectivity index (χ0n) is 13.1. The van der Waals surface area contributed by atoms with E-state index in [1.165, 1.54) is 12.1 Å². The molecular formula is C17H17ClN2O3S. The lowest BCUT2D eigenvalue weighted by Gasteiger charge is -2.16. The Morgan fingerprint density at radius 2 is 1.83 bits per heavy atom. The number of hydrogen-bond acceptors (Lipinski definition) is 3. The molecular weight excluding hydrogens is 348 g/mol. The average Bonchev–Trinajstić information content (AvgIpc) is 2.98. The average molecular weight is 365 g/mol. The first-order valence-corrected chi connectivity index (χ1v) is 9.43. The topological polar surface area (TPSA) is 66.5 Å². The van der Waals surface area contributed by atoms with Gasteiger partial charge in [0.1, 0.15) is 0 Å². The molecule has 1 heterocycles. The first-order chi connectivity index (χ1) is 11.4. The molecule has 0 aliphatic carbocycles. The van der Waals surface area contributed by atoms with Crippen molar-refractivity contribution in [1.82, 2.24) is 0 Å². The third-order valence-electron chi connectivity index (χ3n) is 4.04. The molecule has 1 amide bonds. The lowest BCUT2D eigenvalue weighted by molar-refractivity contribution is -0.117. The lowest BCUT2D eigenvalue weighted by atomic mass is 10.2. The number of nitrogens with one attached hydrogen (secondary N) is 1. The van der Waals surface area contributed by atoms with Crippen molar-refractivity contribution < 1.29 is 13.2 Å². The van der Waals surface area contributed by atoms with Crippen LogP contribution in [0.4, 0.5) is 11.4 Å². The maximum atomic E-state index is 12.5. The molecule has 1 saturated heterocycles. The van der Waals surface area contributed by atoms with Gasteiger partial charge < -0.3 is 4.90 Å². The summed E-state index contributed by atoms with van der Waals surface area (Å²) < 4.78 is 27.6. The second kappa shape index (κ2) is 6.45. The van der Waals surface area contributed by atoms with Crippen molar-refractivity contribution in [1.29, 1.82) is 0 Å². The van der Waals surface area contributed by atoms with E-state index < -0.39 is 10.0 Å². The van der Waals surface area contributed by atoms with Gasteiger partial charge in [0.15, 0.2) is 0 Å². The zero-order chi connectivity index (χ0) is 17.3. The second-order valence-corrected chi connectivity index (χ2v) is 7.75. The summed E-state index contributed by atoms with van der Waals surface area (Å²) >= 11 is 6.02. The van der Waals surface area contributed by atoms with E-state index in [0.717, 1.165) is 12.1 Å². The van der Waals surface area contributed by atoms with Crippen LogP contribution in [-0.4, -0.2) is 20.9 Å². The lowest BCUT2D eigenvalue weighted by Crippen LogP contribution is -2.23. The van der Waals surface area contributed by atoms with Crippen molar-refractivity contribution in [2.24, 2.45) is 0 Å². The summed E-state index contributed by atoms with van der Waals surface area (Å²) in [4.78, 5) is 13.6. The quantitative estimate of drug-likeness (QED) is 0.901. The van der Waals surface area contributed by atoms with Crippen LogP contribution in [0.1, 0.15) is 18.4 Å². The molecule has 3 rings (SSSR count). The van der Waals surface area contributed by atoms with Crippen LogP contribution in [0.3, 0.4) is 0 Å². The molecule has 24 heavy (non-hydrogen) atoms. The Morgan fingerprint density at radius 3 is 2.46 bits per heavy atom. The molecule has 1 N–H and O–H groups in total. The van der Waals surface area contributed by atoms with Gasteiger partial charge in [-0.2, -0.15) is 0 Å². The minimum absolute atomic E-state index is 0.0679. The van der Waals surface area contributed by atoms with E-state index in [1.54, 1.807) is 42.2 Å². The SMILES string of the molecule is Cc1c(Cl)cccc1NS(=O)(=O)c1ccc(N2CCCC2=O)cc1. The van der Waals surface area contributed by atoms with Crippen LogP contribution in [0.5, 0.6) is 0 Å². The van der Waals surface area contributed by atoms with Gasteiger partial charge in [-0.1, -0.05) is 17.7 Å². The maximum Gasteiger partial charge on any atom is 0.261 e. The zero-order valence-corrected chi connectivity index (χ0v) is 14.7. The molecule has 0 radical (unpaired) electrons. The molecule has 0 spiro atoms. The van der Waals surface area contributed by atoms with Crippen LogP contribution >= 0.6 is 11.6 Å². The molecule has 5 nitrogen and oxygen atoms in total. The summed E-state index contributed by atoms with van der Waals surface area (Å²) in [5.74, 6) is 0.0679. The van der Waals surface area contributed by atoms with Crippen molar-refractivity contribution >= 4 is 38.9 Å². The van der Waals surface area contributed by atoms with Crippen LogP contribution < -0.4 is 9.62 Å². The standard InChI is InChI=1S/C17H17ClN2O3S/c1-12-15(18)4-2-5-16(12)19-24(22,23)14-9-7-13(8-10-14)20-11-3-6-17(20)21/h2,4-5,7-10,19H,3,6,11H2,1H3. The van der Waals surface area contributed by atoms with Crippen LogP contribution in [0.2, 0.25) is 5.02 Å². The maximum absolute atomic E-state index is 12.5. The second-order valence-electron chi connectivity index (χ2n) is 5.66. The van der Waals surface area contributed by atoms with Crippen LogP contribution in [0.15, 0.2) is 47.4 Å². The number of rotatable bonds is 4. The van der Waals surface area contributed by atoms with Crippen molar-refractivity contribution in [3.63, 3.8) is 0 Å². The predicted molar refractivity (Wildman–Crippen MR) is 95.0 cm³/mol. The fourth-order valence-electron chi connectivity index (χ4n) is 2.65. The third kappa shape index (κ3) is 3.25. The van der Waals surface area contributed by atoms with E-state index in [2.05, 4.69) is 4.72 Å². The van der Waals surface area contributed by atoms with Crippen LogP contribution in [-0.2, 0) is 14.8 Å². The molecule has 1 fully saturated rings. The number of carbonyl (C=O) groups excluding carboxylic acids is 1. The van der Waals surface area contributed by atoms with Gasteiger partial charge in [-0.3, -0.25) is 9.52 Å². The molecule has 0 atom stereocenters. The fourth-order valence-corrected chi connectivity index (χ4v) is 3.95. The summed E-state index contributed by atoms with van der Waals surface area (Å²) in [6.45, 7) is 2.42. The van der Waals surface area contributed by atoms with E-state index in [0.29, 0.717) is 29.2 Å². The minimum Gasteiger partial charge on any atom is -0.312 e. The summed E-state index contributed by atoms with van der Waals surface area (Å²) in [7, 11) is -3.72. The Labute approximate surface area is 146 Å². The number of carbonyl (C=O) groups is 1. The fraction of sp³-hybridized carbons (Fsp3) is 0.235. The van der Waals surface area contributed by atoms with Crippen molar-refractivity contribution in [3.8, 4) is 0 Å². The van der Waals surface area contributed by atoms with E-state index in [-0.39, 0.29) is 10.8 Å². The van der Waals surface area contributed by atoms with Gasteiger partial charge >= 0.3 is 0 Å². The van der Waals surface area contributed by atoms with Gasteiger partial charge in [-0.25, -0.2) is 8.42 Å². The predicted octanol–water partition coefficient (Wildman–Crippen LogP) is 3.58. The van der Waals surface area contributed by atoms with Gasteiger partial charge in [0.05, 0.1) is 10.6 Å². The summed E-state index contributed by atoms with van der Waals surface area (Å²) in [6, 6.07) is 11.4. The molecule has 1 aliphatic heterocycles. The molecule has 126 valence electrons. The Bertz CT molecular complexity index is 879. The van der Waals surface area contributed by atoms with E-state index in [9.17, 15) is 13.2 Å². The van der Waals surface area contributed by atoms with Crippen molar-refractivity contribution in [2.45, 2.75) is 24.7 Å². The Morgan fingerprint density at radius 1 is 1.12 bits per heavy atom. The third-order valence-corrected chi connectivity index (χ3v) is 5.83. The smallest absolute Gasteiger partial charge is 0.261 e. The number of sulfonamides is 1. The molecule has 1 aliphatic rings. The largest absolute Gasteiger partial charge is 0.312 e. The number of halogens is 1. The Kier molecular flexibility index (Phi) is 4.51. The number of nitrogens with zero attached hydrogens (tertiary/aromatic N) is 1. The monoisotopic (exact) mass is 364 g/mol. The highest BCUT2D eigenvalue weighted by Crippen LogP contribution is 2.27. The number of amides is 1. The normalized spacial score (nSPS) is 14.9. The van der Waals surface area contributed by atoms with E-state index >= 15 is 0 Å². The van der Waals surface area contributed by atoms with Crippen molar-refractivity contribution in [3.05, 3.63) is 53.1 Å². The molecule has 7 heteroatoms. The molecule has 0 saturated carbocycles. The summed E-state index contributed by atoms with van der Waals surface area (Å²) in [6.07, 6.45) is 1.37. The molecule has 0 aromatic heterocycles. The molecule has 2 aromatic rings. The highest BCUT2D eigenvalue weighted by Gasteiger charge is 2.22. The number of hydrogen-bond donors (Lipinski definition) is 1. The molecule has 0 bridgehead atoms. The molecule has 0 unspecified atom stereocenters. The van der Waals surface area contributed by atoms with Crippen LogP contribution in [0.25, 0.3) is 0 Å². The van der Waals surface area contributed by atoms with E-state index in [4.69, 9.17) is 11.6 Å². The Balaban J connectivity index is 1.85. The first-order valence-electron chi connectivity index (χ1n) is 7.57. The number of anilines is 2. The molecule has 2 aromatic carbocycles. The summed E-state index contributed by atoms with van der Waals surface area (Å²) in [5.41, 5.74) is 1.83. The van der Waals surface area contributed by atoms with E-state index in [1.807, 2.05) is 0 Å². The van der Waals surface area contributed by atoms with Gasteiger partial charge in [0.2, 0.25) is 5.91 Å². The highest BCUT2D eigenvalue weighted by molar-refractivity contribution is 7.92. The van der Waals surface area contributed by atoms with Crippen molar-refractivity contribution in [2.75, 3.05) is 16.2 Å². The Hall–Kier alpha value is -2.05. The minimum atomic E-state index is -3.72. The van der Waals surface area contributed by atoms with Crippen LogP contribution in [0, 0.1) is 6.92 Å². The highest BCUT2D eigenvalue weighted by atomic mass is 35.5. The van der Waals surface area contributed by atoms with Gasteiger partial charge in [-0.15, -0.1) is 0 Å². The van der Waals surface area contributed by atoms with Gasteiger partial charge in [-0.05, 0) is 55.3 Å². The first kappa shape index (κ1) is 16.8. The van der Waals surface area contributed by atoms with Gasteiger partial charge in [0.25, 0.3) is 10.0 Å². The van der Waals surface area contributed by atoms with Gasteiger partial charge in [0, 0.05) is 23.7 Å². The summed E-state index contributed by atoms with van der Waals surface area (Å²) in [5, 5.41) is 0.498. The number of benzene rings is 2.